The minimum absolute atomic E-state index is 0.0707. The molecular formula is C23H30N2O3. The topological polar surface area (TPSA) is 50.8 Å². The molecule has 150 valence electrons. The molecule has 0 radical (unpaired) electrons. The van der Waals surface area contributed by atoms with Crippen LogP contribution in [0.15, 0.2) is 48.5 Å². The molecule has 1 atom stereocenters. The van der Waals surface area contributed by atoms with Gasteiger partial charge in [0.1, 0.15) is 0 Å². The largest absolute Gasteiger partial charge is 0.493 e. The third-order valence-corrected chi connectivity index (χ3v) is 5.39. The lowest BCUT2D eigenvalue weighted by molar-refractivity contribution is -0.122. The molecular weight excluding hydrogens is 352 g/mol. The van der Waals surface area contributed by atoms with Gasteiger partial charge in [0.25, 0.3) is 0 Å². The van der Waals surface area contributed by atoms with Gasteiger partial charge in [-0.25, -0.2) is 0 Å². The molecule has 0 bridgehead atoms. The second-order valence-electron chi connectivity index (χ2n) is 7.26. The van der Waals surface area contributed by atoms with Crippen molar-refractivity contribution in [2.24, 2.45) is 0 Å². The number of carbonyl (C=O) groups excluding carboxylic acids is 1. The van der Waals surface area contributed by atoms with Crippen LogP contribution < -0.4 is 14.8 Å². The van der Waals surface area contributed by atoms with Gasteiger partial charge in [0.2, 0.25) is 5.91 Å². The van der Waals surface area contributed by atoms with Crippen LogP contribution in [0.5, 0.6) is 11.5 Å². The molecule has 0 spiro atoms. The van der Waals surface area contributed by atoms with Crippen molar-refractivity contribution in [1.82, 2.24) is 10.2 Å². The smallest absolute Gasteiger partial charge is 0.234 e. The highest BCUT2D eigenvalue weighted by Gasteiger charge is 2.25. The van der Waals surface area contributed by atoms with E-state index in [4.69, 9.17) is 9.47 Å². The molecule has 0 saturated carbocycles. The van der Waals surface area contributed by atoms with E-state index >= 15 is 0 Å². The van der Waals surface area contributed by atoms with E-state index in [2.05, 4.69) is 34.5 Å². The summed E-state index contributed by atoms with van der Waals surface area (Å²) in [5, 5.41) is 3.03. The lowest BCUT2D eigenvalue weighted by Gasteiger charge is -2.24. The Balaban J connectivity index is 1.47. The van der Waals surface area contributed by atoms with Crippen LogP contribution in [0.2, 0.25) is 0 Å². The fourth-order valence-corrected chi connectivity index (χ4v) is 3.84. The Morgan fingerprint density at radius 3 is 2.61 bits per heavy atom. The molecule has 1 saturated heterocycles. The maximum absolute atomic E-state index is 12.5. The van der Waals surface area contributed by atoms with Crippen LogP contribution in [-0.4, -0.2) is 44.2 Å². The van der Waals surface area contributed by atoms with Gasteiger partial charge in [0.15, 0.2) is 11.5 Å². The number of aryl methyl sites for hydroxylation is 1. The number of rotatable bonds is 9. The molecule has 0 aliphatic carbocycles. The number of benzene rings is 2. The molecule has 1 unspecified atom stereocenters. The fourth-order valence-electron chi connectivity index (χ4n) is 3.84. The molecule has 1 aliphatic heterocycles. The number of likely N-dealkylation sites (tertiary alicyclic amines) is 1. The van der Waals surface area contributed by atoms with Crippen molar-refractivity contribution in [2.45, 2.75) is 38.3 Å². The van der Waals surface area contributed by atoms with Crippen molar-refractivity contribution >= 4 is 5.91 Å². The van der Waals surface area contributed by atoms with Crippen molar-refractivity contribution in [1.29, 1.82) is 0 Å². The molecule has 1 heterocycles. The SMILES string of the molecule is COc1ccc(CNC(=O)CN2CCCC2CCc2ccccc2)cc1OC. The Morgan fingerprint density at radius 1 is 1.07 bits per heavy atom. The van der Waals surface area contributed by atoms with Gasteiger partial charge in [-0.05, 0) is 55.5 Å². The number of nitrogens with zero attached hydrogens (tertiary/aromatic N) is 1. The summed E-state index contributed by atoms with van der Waals surface area (Å²) in [7, 11) is 3.23. The highest BCUT2D eigenvalue weighted by Crippen LogP contribution is 2.27. The molecule has 1 fully saturated rings. The quantitative estimate of drug-likeness (QED) is 0.722. The summed E-state index contributed by atoms with van der Waals surface area (Å²) in [4.78, 5) is 14.8. The summed E-state index contributed by atoms with van der Waals surface area (Å²) in [6.45, 7) is 1.96. The van der Waals surface area contributed by atoms with E-state index in [9.17, 15) is 4.79 Å². The second-order valence-corrected chi connectivity index (χ2v) is 7.26. The number of carbonyl (C=O) groups is 1. The number of hydrogen-bond acceptors (Lipinski definition) is 4. The predicted octanol–water partition coefficient (Wildman–Crippen LogP) is 3.42. The van der Waals surface area contributed by atoms with E-state index in [0.717, 1.165) is 24.9 Å². The van der Waals surface area contributed by atoms with Crippen molar-refractivity contribution in [3.05, 3.63) is 59.7 Å². The summed E-state index contributed by atoms with van der Waals surface area (Å²) in [6, 6.07) is 16.8. The predicted molar refractivity (Wildman–Crippen MR) is 111 cm³/mol. The Morgan fingerprint density at radius 2 is 1.86 bits per heavy atom. The monoisotopic (exact) mass is 382 g/mol. The summed E-state index contributed by atoms with van der Waals surface area (Å²) < 4.78 is 10.6. The first kappa shape index (κ1) is 20.2. The van der Waals surface area contributed by atoms with Crippen LogP contribution in [0.25, 0.3) is 0 Å². The first-order valence-corrected chi connectivity index (χ1v) is 9.95. The van der Waals surface area contributed by atoms with E-state index in [1.165, 1.54) is 18.4 Å². The Labute approximate surface area is 167 Å². The lowest BCUT2D eigenvalue weighted by atomic mass is 10.0. The van der Waals surface area contributed by atoms with Crippen LogP contribution in [0, 0.1) is 0 Å². The number of methoxy groups -OCH3 is 2. The van der Waals surface area contributed by atoms with Gasteiger partial charge in [-0.15, -0.1) is 0 Å². The molecule has 0 aromatic heterocycles. The van der Waals surface area contributed by atoms with Crippen molar-refractivity contribution < 1.29 is 14.3 Å². The fraction of sp³-hybridized carbons (Fsp3) is 0.435. The molecule has 5 heteroatoms. The van der Waals surface area contributed by atoms with E-state index in [-0.39, 0.29) is 5.91 Å². The first-order chi connectivity index (χ1) is 13.7. The van der Waals surface area contributed by atoms with E-state index in [1.807, 2.05) is 24.3 Å². The number of nitrogens with one attached hydrogen (secondary N) is 1. The highest BCUT2D eigenvalue weighted by molar-refractivity contribution is 5.78. The van der Waals surface area contributed by atoms with Crippen LogP contribution >= 0.6 is 0 Å². The summed E-state index contributed by atoms with van der Waals surface area (Å²) in [6.07, 6.45) is 4.51. The van der Waals surface area contributed by atoms with Gasteiger partial charge >= 0.3 is 0 Å². The van der Waals surface area contributed by atoms with Crippen LogP contribution in [0.4, 0.5) is 0 Å². The first-order valence-electron chi connectivity index (χ1n) is 9.95. The third-order valence-electron chi connectivity index (χ3n) is 5.39. The molecule has 1 amide bonds. The van der Waals surface area contributed by atoms with Crippen molar-refractivity contribution in [3.8, 4) is 11.5 Å². The third kappa shape index (κ3) is 5.49. The molecule has 28 heavy (non-hydrogen) atoms. The maximum Gasteiger partial charge on any atom is 0.234 e. The zero-order chi connectivity index (χ0) is 19.8. The average molecular weight is 383 g/mol. The molecule has 3 rings (SSSR count). The Bertz CT molecular complexity index is 764. The van der Waals surface area contributed by atoms with Gasteiger partial charge in [0.05, 0.1) is 20.8 Å². The average Bonchev–Trinajstić information content (AvgIpc) is 3.18. The van der Waals surface area contributed by atoms with Gasteiger partial charge in [-0.3, -0.25) is 9.69 Å². The molecule has 2 aromatic carbocycles. The zero-order valence-corrected chi connectivity index (χ0v) is 16.8. The summed E-state index contributed by atoms with van der Waals surface area (Å²) in [5.41, 5.74) is 2.36. The molecule has 1 aliphatic rings. The normalized spacial score (nSPS) is 16.7. The van der Waals surface area contributed by atoms with Crippen LogP contribution in [0.1, 0.15) is 30.4 Å². The van der Waals surface area contributed by atoms with E-state index in [0.29, 0.717) is 30.6 Å². The maximum atomic E-state index is 12.5. The number of amides is 1. The highest BCUT2D eigenvalue weighted by atomic mass is 16.5. The Hall–Kier alpha value is -2.53. The number of hydrogen-bond donors (Lipinski definition) is 1. The lowest BCUT2D eigenvalue weighted by Crippen LogP contribution is -2.39. The van der Waals surface area contributed by atoms with E-state index < -0.39 is 0 Å². The minimum atomic E-state index is 0.0707. The van der Waals surface area contributed by atoms with Crippen LogP contribution in [0.3, 0.4) is 0 Å². The standard InChI is InChI=1S/C23H30N2O3/c1-27-21-13-11-19(15-22(21)28-2)16-24-23(26)17-25-14-6-9-20(25)12-10-18-7-4-3-5-8-18/h3-5,7-8,11,13,15,20H,6,9-10,12,14,16-17H2,1-2H3,(H,24,26). The van der Waals surface area contributed by atoms with Crippen molar-refractivity contribution in [3.63, 3.8) is 0 Å². The van der Waals surface area contributed by atoms with Gasteiger partial charge in [-0.1, -0.05) is 36.4 Å². The van der Waals surface area contributed by atoms with Gasteiger partial charge in [0, 0.05) is 12.6 Å². The Kier molecular flexibility index (Phi) is 7.31. The molecule has 2 aromatic rings. The molecule has 5 nitrogen and oxygen atoms in total. The van der Waals surface area contributed by atoms with E-state index in [1.54, 1.807) is 14.2 Å². The van der Waals surface area contributed by atoms with Gasteiger partial charge < -0.3 is 14.8 Å². The zero-order valence-electron chi connectivity index (χ0n) is 16.8. The van der Waals surface area contributed by atoms with Crippen molar-refractivity contribution in [2.75, 3.05) is 27.3 Å². The number of ether oxygens (including phenoxy) is 2. The minimum Gasteiger partial charge on any atom is -0.493 e. The summed E-state index contributed by atoms with van der Waals surface area (Å²) >= 11 is 0. The molecule has 1 N–H and O–H groups in total. The summed E-state index contributed by atoms with van der Waals surface area (Å²) in [5.74, 6) is 1.44. The van der Waals surface area contributed by atoms with Crippen LogP contribution in [-0.2, 0) is 17.8 Å². The second kappa shape index (κ2) is 10.1. The van der Waals surface area contributed by atoms with Gasteiger partial charge in [-0.2, -0.15) is 0 Å².